The van der Waals surface area contributed by atoms with Crippen LogP contribution in [0.5, 0.6) is 0 Å². The van der Waals surface area contributed by atoms with E-state index in [0.717, 1.165) is 35.7 Å². The van der Waals surface area contributed by atoms with Crippen molar-refractivity contribution in [2.24, 2.45) is 11.8 Å². The van der Waals surface area contributed by atoms with Gasteiger partial charge in [0, 0.05) is 11.0 Å². The summed E-state index contributed by atoms with van der Waals surface area (Å²) in [7, 11) is 0. The van der Waals surface area contributed by atoms with Gasteiger partial charge in [-0.1, -0.05) is 40.9 Å². The second-order valence-corrected chi connectivity index (χ2v) is 6.52. The Morgan fingerprint density at radius 2 is 2.05 bits per heavy atom. The van der Waals surface area contributed by atoms with Gasteiger partial charge in [-0.25, -0.2) is 0 Å². The summed E-state index contributed by atoms with van der Waals surface area (Å²) in [4.78, 5) is 23.2. The Bertz CT molecular complexity index is 518. The van der Waals surface area contributed by atoms with Crippen molar-refractivity contribution in [3.05, 3.63) is 34.3 Å². The molecule has 1 aromatic carbocycles. The highest BCUT2D eigenvalue weighted by atomic mass is 79.9. The van der Waals surface area contributed by atoms with Gasteiger partial charge in [0.15, 0.2) is 0 Å². The Labute approximate surface area is 133 Å². The van der Waals surface area contributed by atoms with Gasteiger partial charge in [0.1, 0.15) is 0 Å². The summed E-state index contributed by atoms with van der Waals surface area (Å²) in [5.74, 6) is -1.05. The molecule has 0 aliphatic heterocycles. The fourth-order valence-corrected chi connectivity index (χ4v) is 3.36. The molecule has 1 aliphatic carbocycles. The van der Waals surface area contributed by atoms with Crippen molar-refractivity contribution in [1.82, 2.24) is 5.32 Å². The van der Waals surface area contributed by atoms with Crippen LogP contribution in [0.25, 0.3) is 0 Å². The molecule has 2 atom stereocenters. The highest BCUT2D eigenvalue weighted by Gasteiger charge is 2.30. The minimum atomic E-state index is -0.735. The fourth-order valence-electron chi connectivity index (χ4n) is 2.92. The predicted octanol–water partition coefficient (Wildman–Crippen LogP) is 3.00. The number of carboxylic acid groups (broad SMARTS) is 1. The molecule has 21 heavy (non-hydrogen) atoms. The summed E-state index contributed by atoms with van der Waals surface area (Å²) in [6.07, 6.45) is 3.95. The van der Waals surface area contributed by atoms with Crippen LogP contribution in [0.4, 0.5) is 0 Å². The van der Waals surface area contributed by atoms with E-state index in [-0.39, 0.29) is 17.7 Å². The van der Waals surface area contributed by atoms with Crippen LogP contribution in [0.3, 0.4) is 0 Å². The van der Waals surface area contributed by atoms with E-state index in [0.29, 0.717) is 13.0 Å². The average molecular weight is 354 g/mol. The van der Waals surface area contributed by atoms with E-state index in [4.69, 9.17) is 0 Å². The first-order chi connectivity index (χ1) is 10.1. The summed E-state index contributed by atoms with van der Waals surface area (Å²) in [5, 5.41) is 12.1. The number of hydrogen-bond donors (Lipinski definition) is 2. The first-order valence-electron chi connectivity index (χ1n) is 7.30. The summed E-state index contributed by atoms with van der Waals surface area (Å²) in [5.41, 5.74) is 0.945. The van der Waals surface area contributed by atoms with Gasteiger partial charge in [0.2, 0.25) is 5.91 Å². The quantitative estimate of drug-likeness (QED) is 0.854. The molecule has 0 bridgehead atoms. The number of carbonyl (C=O) groups is 2. The molecule has 1 fully saturated rings. The minimum Gasteiger partial charge on any atom is -0.481 e. The third-order valence-electron chi connectivity index (χ3n) is 4.04. The van der Waals surface area contributed by atoms with Crippen molar-refractivity contribution < 1.29 is 14.7 Å². The molecule has 1 aliphatic rings. The first-order valence-corrected chi connectivity index (χ1v) is 8.09. The number of rotatable bonds is 5. The predicted molar refractivity (Wildman–Crippen MR) is 83.9 cm³/mol. The number of benzene rings is 1. The second kappa shape index (κ2) is 7.59. The molecule has 0 radical (unpaired) electrons. The number of hydrogen-bond acceptors (Lipinski definition) is 2. The molecule has 5 heteroatoms. The van der Waals surface area contributed by atoms with Crippen molar-refractivity contribution >= 4 is 27.8 Å². The lowest BCUT2D eigenvalue weighted by atomic mass is 9.79. The number of halogens is 1. The van der Waals surface area contributed by atoms with Gasteiger partial charge < -0.3 is 10.4 Å². The Morgan fingerprint density at radius 1 is 1.29 bits per heavy atom. The van der Waals surface area contributed by atoms with E-state index in [1.54, 1.807) is 0 Å². The maximum Gasteiger partial charge on any atom is 0.306 e. The second-order valence-electron chi connectivity index (χ2n) is 5.60. The molecule has 2 rings (SSSR count). The Hall–Kier alpha value is -1.36. The topological polar surface area (TPSA) is 66.4 Å². The van der Waals surface area contributed by atoms with E-state index in [1.807, 2.05) is 24.3 Å². The van der Waals surface area contributed by atoms with E-state index < -0.39 is 5.97 Å². The van der Waals surface area contributed by atoms with Crippen LogP contribution in [-0.4, -0.2) is 23.5 Å². The average Bonchev–Trinajstić information content (AvgIpc) is 2.45. The van der Waals surface area contributed by atoms with Crippen LogP contribution < -0.4 is 5.32 Å². The summed E-state index contributed by atoms with van der Waals surface area (Å²) >= 11 is 3.38. The van der Waals surface area contributed by atoms with Gasteiger partial charge in [-0.05, 0) is 36.5 Å². The Morgan fingerprint density at radius 3 is 2.76 bits per heavy atom. The van der Waals surface area contributed by atoms with Crippen molar-refractivity contribution in [1.29, 1.82) is 0 Å². The van der Waals surface area contributed by atoms with Gasteiger partial charge in [0.05, 0.1) is 12.3 Å². The molecular weight excluding hydrogens is 334 g/mol. The molecule has 0 aromatic heterocycles. The van der Waals surface area contributed by atoms with Gasteiger partial charge in [-0.3, -0.25) is 9.59 Å². The van der Waals surface area contributed by atoms with Crippen LogP contribution in [0, 0.1) is 11.8 Å². The lowest BCUT2D eigenvalue weighted by Crippen LogP contribution is -2.37. The maximum atomic E-state index is 12.0. The minimum absolute atomic E-state index is 0.0530. The molecule has 0 saturated heterocycles. The van der Waals surface area contributed by atoms with Crippen molar-refractivity contribution in [2.75, 3.05) is 6.54 Å². The zero-order chi connectivity index (χ0) is 15.2. The molecule has 0 spiro atoms. The highest BCUT2D eigenvalue weighted by molar-refractivity contribution is 9.10. The van der Waals surface area contributed by atoms with Crippen molar-refractivity contribution in [3.63, 3.8) is 0 Å². The summed E-state index contributed by atoms with van der Waals surface area (Å²) in [6.45, 7) is 0.462. The van der Waals surface area contributed by atoms with Crippen LogP contribution in [-0.2, 0) is 16.0 Å². The van der Waals surface area contributed by atoms with Gasteiger partial charge in [-0.15, -0.1) is 0 Å². The van der Waals surface area contributed by atoms with Crippen molar-refractivity contribution in [2.45, 2.75) is 32.1 Å². The number of carbonyl (C=O) groups excluding carboxylic acids is 1. The first kappa shape index (κ1) is 16.0. The zero-order valence-electron chi connectivity index (χ0n) is 11.8. The molecule has 1 aromatic rings. The molecule has 1 amide bonds. The largest absolute Gasteiger partial charge is 0.481 e. The van der Waals surface area contributed by atoms with Crippen LogP contribution >= 0.6 is 15.9 Å². The number of aliphatic carboxylic acids is 1. The molecule has 2 unspecified atom stereocenters. The van der Waals surface area contributed by atoms with Crippen LogP contribution in [0.2, 0.25) is 0 Å². The Balaban J connectivity index is 1.84. The summed E-state index contributed by atoms with van der Waals surface area (Å²) < 4.78 is 0.950. The lowest BCUT2D eigenvalue weighted by molar-refractivity contribution is -0.145. The van der Waals surface area contributed by atoms with E-state index in [9.17, 15) is 14.7 Å². The maximum absolute atomic E-state index is 12.0. The highest BCUT2D eigenvalue weighted by Crippen LogP contribution is 2.29. The van der Waals surface area contributed by atoms with E-state index >= 15 is 0 Å². The van der Waals surface area contributed by atoms with E-state index in [1.165, 1.54) is 0 Å². The molecule has 0 heterocycles. The van der Waals surface area contributed by atoms with Crippen molar-refractivity contribution in [3.8, 4) is 0 Å². The van der Waals surface area contributed by atoms with Crippen LogP contribution in [0.15, 0.2) is 28.7 Å². The fraction of sp³-hybridized carbons (Fsp3) is 0.500. The number of carboxylic acids is 1. The number of amides is 1. The van der Waals surface area contributed by atoms with Gasteiger partial charge in [0.25, 0.3) is 0 Å². The van der Waals surface area contributed by atoms with Crippen LogP contribution in [0.1, 0.15) is 31.2 Å². The zero-order valence-corrected chi connectivity index (χ0v) is 13.4. The molecule has 114 valence electrons. The lowest BCUT2D eigenvalue weighted by Gasteiger charge is -2.28. The summed E-state index contributed by atoms with van der Waals surface area (Å²) in [6, 6.07) is 7.64. The third kappa shape index (κ3) is 4.84. The van der Waals surface area contributed by atoms with Gasteiger partial charge in [-0.2, -0.15) is 0 Å². The van der Waals surface area contributed by atoms with E-state index in [2.05, 4.69) is 21.2 Å². The molecule has 2 N–H and O–H groups in total. The normalized spacial score (nSPS) is 21.8. The number of nitrogens with one attached hydrogen (secondary N) is 1. The Kier molecular flexibility index (Phi) is 5.79. The molecule has 1 saturated carbocycles. The smallest absolute Gasteiger partial charge is 0.306 e. The SMILES string of the molecule is O=C(Cc1cccc(Br)c1)NCC1CCCCC1C(=O)O. The monoisotopic (exact) mass is 353 g/mol. The third-order valence-corrected chi connectivity index (χ3v) is 4.53. The van der Waals surface area contributed by atoms with Gasteiger partial charge >= 0.3 is 5.97 Å². The molecule has 4 nitrogen and oxygen atoms in total. The standard InChI is InChI=1S/C16H20BrNO3/c17-13-6-3-4-11(8-13)9-15(19)18-10-12-5-1-2-7-14(12)16(20)21/h3-4,6,8,12,14H,1-2,5,7,9-10H2,(H,18,19)(H,20,21). The molecular formula is C16H20BrNO3.